The van der Waals surface area contributed by atoms with E-state index in [0.29, 0.717) is 0 Å². The quantitative estimate of drug-likeness (QED) is 0.155. The maximum atomic E-state index is 2.53. The predicted molar refractivity (Wildman–Crippen MR) is 241 cm³/mol. The van der Waals surface area contributed by atoms with Gasteiger partial charge in [-0.15, -0.1) is 0 Å². The SMILES string of the molecule is CC1(C)c2c(cccc2N(c2ccccc2)c2ccc3c4ccccc4c4ccccc4c3c2)-c2c1c(-c1ccccc1)c(-c1ccccc1)n2-c1ccccc1. The average Bonchev–Trinajstić information content (AvgIpc) is 3.76. The number of hydrogen-bond donors (Lipinski definition) is 0. The van der Waals surface area contributed by atoms with Gasteiger partial charge in [0, 0.05) is 33.6 Å². The molecule has 0 unspecified atom stereocenters. The van der Waals surface area contributed by atoms with Gasteiger partial charge in [0.25, 0.3) is 0 Å². The Hall–Kier alpha value is -7.16. The molecule has 0 saturated heterocycles. The molecule has 0 saturated carbocycles. The normalized spacial score (nSPS) is 12.9. The van der Waals surface area contributed by atoms with Crippen molar-refractivity contribution in [1.29, 1.82) is 0 Å². The van der Waals surface area contributed by atoms with Crippen LogP contribution in [0, 0.1) is 0 Å². The second-order valence-corrected chi connectivity index (χ2v) is 15.7. The van der Waals surface area contributed by atoms with E-state index in [4.69, 9.17) is 0 Å². The third-order valence-corrected chi connectivity index (χ3v) is 12.1. The van der Waals surface area contributed by atoms with Crippen molar-refractivity contribution in [3.63, 3.8) is 0 Å². The number of rotatable bonds is 6. The Morgan fingerprint density at radius 2 is 0.895 bits per heavy atom. The molecule has 0 radical (unpaired) electrons. The van der Waals surface area contributed by atoms with Crippen molar-refractivity contribution in [2.24, 2.45) is 0 Å². The molecule has 1 aliphatic carbocycles. The van der Waals surface area contributed by atoms with E-state index in [0.717, 1.165) is 17.1 Å². The molecule has 0 amide bonds. The van der Waals surface area contributed by atoms with Crippen LogP contribution in [0.2, 0.25) is 0 Å². The minimum atomic E-state index is -0.372. The summed E-state index contributed by atoms with van der Waals surface area (Å²) in [5, 5.41) is 7.64. The summed E-state index contributed by atoms with van der Waals surface area (Å²) in [6.07, 6.45) is 0. The second kappa shape index (κ2) is 13.0. The molecule has 10 aromatic rings. The lowest BCUT2D eigenvalue weighted by molar-refractivity contribution is 0.663. The zero-order chi connectivity index (χ0) is 38.1. The Kier molecular flexibility index (Phi) is 7.55. The number of fused-ring (bicyclic) bond motifs is 9. The minimum Gasteiger partial charge on any atom is -0.310 e. The van der Waals surface area contributed by atoms with Crippen LogP contribution < -0.4 is 4.90 Å². The first-order valence-electron chi connectivity index (χ1n) is 19.9. The standard InChI is InChI=1S/C55H40N2/c1-55(2)51-47(54-52(55)50(37-20-7-3-8-21-37)53(38-22-9-4-10-23-38)57(54)40-26-13-6-14-27-40)32-19-33-49(51)56(39-24-11-5-12-25-39)41-34-35-46-44-30-16-15-28-42(44)43-29-17-18-31-45(43)48(46)36-41/h3-36H,1-2H3. The Labute approximate surface area is 333 Å². The van der Waals surface area contributed by atoms with Gasteiger partial charge in [-0.3, -0.25) is 0 Å². The molecule has 270 valence electrons. The molecule has 1 heterocycles. The van der Waals surface area contributed by atoms with Crippen LogP contribution in [0.3, 0.4) is 0 Å². The van der Waals surface area contributed by atoms with E-state index in [1.165, 1.54) is 82.8 Å². The van der Waals surface area contributed by atoms with Crippen LogP contribution in [-0.2, 0) is 5.41 Å². The number of aromatic nitrogens is 1. The van der Waals surface area contributed by atoms with E-state index < -0.39 is 0 Å². The topological polar surface area (TPSA) is 8.17 Å². The molecule has 2 nitrogen and oxygen atoms in total. The van der Waals surface area contributed by atoms with Crippen molar-refractivity contribution < 1.29 is 0 Å². The van der Waals surface area contributed by atoms with Crippen LogP contribution in [0.1, 0.15) is 25.0 Å². The summed E-state index contributed by atoms with van der Waals surface area (Å²) >= 11 is 0. The van der Waals surface area contributed by atoms with Crippen molar-refractivity contribution in [1.82, 2.24) is 4.57 Å². The lowest BCUT2D eigenvalue weighted by Crippen LogP contribution is -2.21. The van der Waals surface area contributed by atoms with E-state index in [1.54, 1.807) is 0 Å². The second-order valence-electron chi connectivity index (χ2n) is 15.7. The zero-order valence-corrected chi connectivity index (χ0v) is 32.0. The van der Waals surface area contributed by atoms with Gasteiger partial charge in [-0.2, -0.15) is 0 Å². The zero-order valence-electron chi connectivity index (χ0n) is 32.0. The van der Waals surface area contributed by atoms with Gasteiger partial charge >= 0.3 is 0 Å². The molecule has 11 rings (SSSR count). The maximum absolute atomic E-state index is 2.53. The molecule has 0 N–H and O–H groups in total. The van der Waals surface area contributed by atoms with E-state index in [2.05, 4.69) is 230 Å². The van der Waals surface area contributed by atoms with Crippen LogP contribution in [0.5, 0.6) is 0 Å². The fourth-order valence-electron chi connectivity index (χ4n) is 9.77. The van der Waals surface area contributed by atoms with Crippen molar-refractivity contribution in [2.45, 2.75) is 19.3 Å². The number of para-hydroxylation sites is 2. The lowest BCUT2D eigenvalue weighted by atomic mass is 9.78. The highest BCUT2D eigenvalue weighted by atomic mass is 15.1. The molecule has 0 fully saturated rings. The summed E-state index contributed by atoms with van der Waals surface area (Å²) in [6, 6.07) is 75.4. The molecular weight excluding hydrogens is 689 g/mol. The Bertz CT molecular complexity index is 3090. The van der Waals surface area contributed by atoms with Gasteiger partial charge in [0.1, 0.15) is 0 Å². The van der Waals surface area contributed by atoms with Gasteiger partial charge in [-0.05, 0) is 97.0 Å². The van der Waals surface area contributed by atoms with E-state index in [-0.39, 0.29) is 5.41 Å². The Balaban J connectivity index is 1.22. The minimum absolute atomic E-state index is 0.372. The number of benzene rings is 9. The molecule has 2 heteroatoms. The van der Waals surface area contributed by atoms with E-state index in [9.17, 15) is 0 Å². The molecule has 9 aromatic carbocycles. The van der Waals surface area contributed by atoms with Crippen molar-refractivity contribution in [3.8, 4) is 39.3 Å². The first-order valence-corrected chi connectivity index (χ1v) is 19.9. The first kappa shape index (κ1) is 33.2. The molecule has 1 aromatic heterocycles. The molecule has 0 spiro atoms. The number of hydrogen-bond acceptors (Lipinski definition) is 1. The highest BCUT2D eigenvalue weighted by molar-refractivity contribution is 6.25. The fourth-order valence-corrected chi connectivity index (χ4v) is 9.77. The van der Waals surface area contributed by atoms with Gasteiger partial charge in [0.2, 0.25) is 0 Å². The monoisotopic (exact) mass is 728 g/mol. The number of anilines is 3. The van der Waals surface area contributed by atoms with Crippen LogP contribution in [0.4, 0.5) is 17.1 Å². The van der Waals surface area contributed by atoms with E-state index in [1.807, 2.05) is 0 Å². The van der Waals surface area contributed by atoms with E-state index >= 15 is 0 Å². The number of nitrogens with zero attached hydrogens (tertiary/aromatic N) is 2. The van der Waals surface area contributed by atoms with Crippen molar-refractivity contribution in [2.75, 3.05) is 4.90 Å². The molecule has 1 aliphatic rings. The largest absolute Gasteiger partial charge is 0.310 e. The summed E-state index contributed by atoms with van der Waals surface area (Å²) < 4.78 is 2.53. The summed E-state index contributed by atoms with van der Waals surface area (Å²) in [4.78, 5) is 2.49. The highest BCUT2D eigenvalue weighted by Gasteiger charge is 2.45. The van der Waals surface area contributed by atoms with Gasteiger partial charge in [-0.1, -0.05) is 178 Å². The third-order valence-electron chi connectivity index (χ3n) is 12.1. The molecule has 0 bridgehead atoms. The molecule has 0 atom stereocenters. The van der Waals surface area contributed by atoms with Crippen LogP contribution in [-0.4, -0.2) is 4.57 Å². The summed E-state index contributed by atoms with van der Waals surface area (Å²) in [5.41, 5.74) is 14.3. The van der Waals surface area contributed by atoms with Crippen molar-refractivity contribution in [3.05, 3.63) is 217 Å². The van der Waals surface area contributed by atoms with Gasteiger partial charge in [0.05, 0.1) is 17.1 Å². The Morgan fingerprint density at radius 1 is 0.386 bits per heavy atom. The van der Waals surface area contributed by atoms with Crippen molar-refractivity contribution >= 4 is 49.4 Å². The molecular formula is C55H40N2. The first-order chi connectivity index (χ1) is 28.1. The lowest BCUT2D eigenvalue weighted by Gasteiger charge is -2.33. The average molecular weight is 729 g/mol. The molecule has 57 heavy (non-hydrogen) atoms. The summed E-state index contributed by atoms with van der Waals surface area (Å²) in [5.74, 6) is 0. The van der Waals surface area contributed by atoms with Crippen LogP contribution >= 0.6 is 0 Å². The summed E-state index contributed by atoms with van der Waals surface area (Å²) in [7, 11) is 0. The van der Waals surface area contributed by atoms with Gasteiger partial charge in [-0.25, -0.2) is 0 Å². The summed E-state index contributed by atoms with van der Waals surface area (Å²) in [6.45, 7) is 4.86. The Morgan fingerprint density at radius 3 is 1.51 bits per heavy atom. The molecule has 0 aliphatic heterocycles. The highest BCUT2D eigenvalue weighted by Crippen LogP contribution is 2.60. The fraction of sp³-hybridized carbons (Fsp3) is 0.0545. The third kappa shape index (κ3) is 5.04. The van der Waals surface area contributed by atoms with Gasteiger partial charge in [0.15, 0.2) is 0 Å². The predicted octanol–water partition coefficient (Wildman–Crippen LogP) is 15.0. The van der Waals surface area contributed by atoms with Crippen LogP contribution in [0.25, 0.3) is 71.6 Å². The van der Waals surface area contributed by atoms with Crippen LogP contribution in [0.15, 0.2) is 206 Å². The van der Waals surface area contributed by atoms with Gasteiger partial charge < -0.3 is 9.47 Å². The smallest absolute Gasteiger partial charge is 0.0616 e. The maximum Gasteiger partial charge on any atom is 0.0616 e.